The van der Waals surface area contributed by atoms with Crippen molar-refractivity contribution in [3.05, 3.63) is 34.6 Å². The van der Waals surface area contributed by atoms with Crippen molar-refractivity contribution in [2.24, 2.45) is 0 Å². The molecule has 1 amide bonds. The van der Waals surface area contributed by atoms with Gasteiger partial charge in [0.25, 0.3) is 5.56 Å². The molecule has 0 atom stereocenters. The molecule has 2 aliphatic rings. The third kappa shape index (κ3) is 3.65. The number of hydrogen-bond acceptors (Lipinski definition) is 7. The Bertz CT molecular complexity index is 874. The van der Waals surface area contributed by atoms with Gasteiger partial charge in [0.05, 0.1) is 18.8 Å². The second-order valence-corrected chi connectivity index (χ2v) is 6.73. The summed E-state index contributed by atoms with van der Waals surface area (Å²) < 4.78 is 18.3. The van der Waals surface area contributed by atoms with Gasteiger partial charge in [0.15, 0.2) is 5.79 Å². The van der Waals surface area contributed by atoms with E-state index in [0.717, 1.165) is 0 Å². The Balaban J connectivity index is 1.45. The summed E-state index contributed by atoms with van der Waals surface area (Å²) in [6, 6.07) is 3.03. The average Bonchev–Trinajstić information content (AvgIpc) is 3.34. The van der Waals surface area contributed by atoms with Crippen LogP contribution in [-0.2, 0) is 27.2 Å². The summed E-state index contributed by atoms with van der Waals surface area (Å²) in [5.74, 6) is 0.227. The van der Waals surface area contributed by atoms with Crippen LogP contribution < -0.4 is 5.56 Å². The zero-order valence-corrected chi connectivity index (χ0v) is 15.2. The summed E-state index contributed by atoms with van der Waals surface area (Å²) >= 11 is 0. The summed E-state index contributed by atoms with van der Waals surface area (Å²) in [6.07, 6.45) is 3.52. The zero-order chi connectivity index (χ0) is 18.9. The molecule has 0 aromatic carbocycles. The number of ether oxygens (including phenoxy) is 2. The number of amides is 1. The maximum absolute atomic E-state index is 12.7. The van der Waals surface area contributed by atoms with E-state index in [2.05, 4.69) is 10.2 Å². The lowest BCUT2D eigenvalue weighted by atomic mass is 10.0. The van der Waals surface area contributed by atoms with Gasteiger partial charge in [0.2, 0.25) is 17.7 Å². The third-order valence-electron chi connectivity index (χ3n) is 5.00. The van der Waals surface area contributed by atoms with Gasteiger partial charge in [-0.05, 0) is 6.07 Å². The van der Waals surface area contributed by atoms with E-state index in [4.69, 9.17) is 13.9 Å². The molecule has 4 heterocycles. The molecule has 1 spiro atoms. The summed E-state index contributed by atoms with van der Waals surface area (Å²) in [4.78, 5) is 26.6. The van der Waals surface area contributed by atoms with Crippen molar-refractivity contribution >= 4 is 5.91 Å². The first-order chi connectivity index (χ1) is 13.1. The van der Waals surface area contributed by atoms with E-state index in [1.54, 1.807) is 17.2 Å². The van der Waals surface area contributed by atoms with E-state index in [0.29, 0.717) is 62.9 Å². The number of piperidine rings is 1. The molecule has 0 aliphatic carbocycles. The van der Waals surface area contributed by atoms with Crippen LogP contribution in [0, 0.1) is 0 Å². The minimum atomic E-state index is -0.525. The molecule has 0 unspecified atom stereocenters. The van der Waals surface area contributed by atoms with Crippen LogP contribution in [0.4, 0.5) is 0 Å². The van der Waals surface area contributed by atoms with Gasteiger partial charge in [0, 0.05) is 44.6 Å². The third-order valence-corrected chi connectivity index (χ3v) is 5.00. The Morgan fingerprint density at radius 2 is 1.93 bits per heavy atom. The number of aromatic nitrogens is 3. The van der Waals surface area contributed by atoms with Crippen molar-refractivity contribution in [1.82, 2.24) is 19.7 Å². The highest BCUT2D eigenvalue weighted by Crippen LogP contribution is 2.31. The van der Waals surface area contributed by atoms with E-state index in [1.807, 2.05) is 6.92 Å². The number of likely N-dealkylation sites (tertiary alicyclic amines) is 1. The summed E-state index contributed by atoms with van der Waals surface area (Å²) in [6.45, 7) is 4.20. The number of nitrogens with zero attached hydrogens (tertiary/aromatic N) is 4. The molecule has 0 saturated carbocycles. The molecule has 144 valence electrons. The largest absolute Gasteiger partial charge is 0.421 e. The minimum absolute atomic E-state index is 0.0316. The summed E-state index contributed by atoms with van der Waals surface area (Å²) in [5.41, 5.74) is 0.359. The van der Waals surface area contributed by atoms with E-state index in [9.17, 15) is 9.59 Å². The highest BCUT2D eigenvalue weighted by Gasteiger charge is 2.40. The lowest BCUT2D eigenvalue weighted by Gasteiger charge is -2.37. The molecule has 2 fully saturated rings. The van der Waals surface area contributed by atoms with Crippen LogP contribution in [0.15, 0.2) is 27.5 Å². The standard InChI is InChI=1S/C18H22N4O5/c1-2-14-19-20-17(27-14)13-3-4-15(23)22(11-13)12-16(24)21-7-5-18(6-8-21)25-9-10-26-18/h3-4,11H,2,5-10,12H2,1H3. The Morgan fingerprint density at radius 3 is 2.59 bits per heavy atom. The Kier molecular flexibility index (Phi) is 4.79. The highest BCUT2D eigenvalue weighted by molar-refractivity contribution is 5.76. The fourth-order valence-corrected chi connectivity index (χ4v) is 3.42. The lowest BCUT2D eigenvalue weighted by molar-refractivity contribution is -0.187. The molecule has 4 rings (SSSR count). The molecule has 2 aromatic heterocycles. The second kappa shape index (κ2) is 7.24. The number of pyridine rings is 1. The number of rotatable bonds is 4. The predicted molar refractivity (Wildman–Crippen MR) is 93.8 cm³/mol. The van der Waals surface area contributed by atoms with Gasteiger partial charge in [-0.25, -0.2) is 0 Å². The van der Waals surface area contributed by atoms with Gasteiger partial charge < -0.3 is 23.4 Å². The second-order valence-electron chi connectivity index (χ2n) is 6.73. The normalized spacial score (nSPS) is 18.9. The number of carbonyl (C=O) groups excluding carboxylic acids is 1. The van der Waals surface area contributed by atoms with E-state index in [1.165, 1.54) is 10.6 Å². The van der Waals surface area contributed by atoms with Crippen LogP contribution in [0.25, 0.3) is 11.5 Å². The van der Waals surface area contributed by atoms with Gasteiger partial charge in [-0.3, -0.25) is 9.59 Å². The minimum Gasteiger partial charge on any atom is -0.421 e. The maximum atomic E-state index is 12.7. The Hall–Kier alpha value is -2.52. The molecular formula is C18H22N4O5. The van der Waals surface area contributed by atoms with Crippen LogP contribution in [0.3, 0.4) is 0 Å². The lowest BCUT2D eigenvalue weighted by Crippen LogP contribution is -2.48. The SMILES string of the molecule is CCc1nnc(-c2ccc(=O)n(CC(=O)N3CCC4(CC3)OCCO4)c2)o1. The van der Waals surface area contributed by atoms with Crippen LogP contribution in [-0.4, -0.2) is 57.7 Å². The monoisotopic (exact) mass is 374 g/mol. The fraction of sp³-hybridized carbons (Fsp3) is 0.556. The summed E-state index contributed by atoms with van der Waals surface area (Å²) in [7, 11) is 0. The van der Waals surface area contributed by atoms with Crippen molar-refractivity contribution in [2.75, 3.05) is 26.3 Å². The van der Waals surface area contributed by atoms with Gasteiger partial charge in [-0.15, -0.1) is 10.2 Å². The van der Waals surface area contributed by atoms with Crippen molar-refractivity contribution in [1.29, 1.82) is 0 Å². The van der Waals surface area contributed by atoms with Gasteiger partial charge in [-0.1, -0.05) is 6.92 Å². The number of carbonyl (C=O) groups is 1. The molecule has 9 nitrogen and oxygen atoms in total. The first-order valence-corrected chi connectivity index (χ1v) is 9.17. The molecule has 9 heteroatoms. The maximum Gasteiger partial charge on any atom is 0.251 e. The average molecular weight is 374 g/mol. The van der Waals surface area contributed by atoms with Crippen LogP contribution in [0.2, 0.25) is 0 Å². The molecular weight excluding hydrogens is 352 g/mol. The molecule has 0 radical (unpaired) electrons. The van der Waals surface area contributed by atoms with E-state index < -0.39 is 5.79 Å². The highest BCUT2D eigenvalue weighted by atomic mass is 16.7. The fourth-order valence-electron chi connectivity index (χ4n) is 3.42. The van der Waals surface area contributed by atoms with E-state index in [-0.39, 0.29) is 18.0 Å². The summed E-state index contributed by atoms with van der Waals surface area (Å²) in [5, 5.41) is 7.91. The molecule has 0 N–H and O–H groups in total. The predicted octanol–water partition coefficient (Wildman–Crippen LogP) is 0.826. The van der Waals surface area contributed by atoms with Gasteiger partial charge >= 0.3 is 0 Å². The number of hydrogen-bond donors (Lipinski definition) is 0. The van der Waals surface area contributed by atoms with Crippen molar-refractivity contribution in [3.63, 3.8) is 0 Å². The first-order valence-electron chi connectivity index (χ1n) is 9.17. The van der Waals surface area contributed by atoms with Crippen LogP contribution >= 0.6 is 0 Å². The zero-order valence-electron chi connectivity index (χ0n) is 15.2. The molecule has 2 aromatic rings. The van der Waals surface area contributed by atoms with Crippen molar-refractivity contribution in [2.45, 2.75) is 38.5 Å². The molecule has 2 saturated heterocycles. The van der Waals surface area contributed by atoms with Crippen LogP contribution in [0.5, 0.6) is 0 Å². The topological polar surface area (TPSA) is 99.7 Å². The quantitative estimate of drug-likeness (QED) is 0.781. The first kappa shape index (κ1) is 17.9. The van der Waals surface area contributed by atoms with Gasteiger partial charge in [-0.2, -0.15) is 0 Å². The molecule has 27 heavy (non-hydrogen) atoms. The molecule has 2 aliphatic heterocycles. The van der Waals surface area contributed by atoms with Gasteiger partial charge in [0.1, 0.15) is 6.54 Å². The van der Waals surface area contributed by atoms with Crippen molar-refractivity contribution in [3.8, 4) is 11.5 Å². The molecule has 0 bridgehead atoms. The number of aryl methyl sites for hydroxylation is 1. The van der Waals surface area contributed by atoms with E-state index >= 15 is 0 Å². The van der Waals surface area contributed by atoms with Crippen LogP contribution in [0.1, 0.15) is 25.7 Å². The smallest absolute Gasteiger partial charge is 0.251 e. The van der Waals surface area contributed by atoms with Crippen molar-refractivity contribution < 1.29 is 18.7 Å². The Morgan fingerprint density at radius 1 is 1.19 bits per heavy atom. The Labute approximate surface area is 155 Å².